The van der Waals surface area contributed by atoms with E-state index >= 15 is 0 Å². The average molecular weight is 347 g/mol. The van der Waals surface area contributed by atoms with Crippen LogP contribution in [0, 0.1) is 5.82 Å². The van der Waals surface area contributed by atoms with Crippen LogP contribution in [0.1, 0.15) is 29.8 Å². The van der Waals surface area contributed by atoms with Gasteiger partial charge in [0, 0.05) is 12.1 Å². The van der Waals surface area contributed by atoms with Gasteiger partial charge in [0.2, 0.25) is 0 Å². The number of nitrogens with one attached hydrogen (secondary N) is 1. The SMILES string of the molecule is CCOc1ccc(CNC(=O)c2ccc(OC)c(F)c2)cc1OCC. The average Bonchev–Trinajstić information content (AvgIpc) is 2.62. The lowest BCUT2D eigenvalue weighted by molar-refractivity contribution is 0.0950. The van der Waals surface area contributed by atoms with Crippen LogP contribution in [0.3, 0.4) is 0 Å². The molecule has 0 aliphatic rings. The zero-order valence-corrected chi connectivity index (χ0v) is 14.6. The van der Waals surface area contributed by atoms with E-state index in [9.17, 15) is 9.18 Å². The van der Waals surface area contributed by atoms with E-state index in [1.54, 1.807) is 0 Å². The van der Waals surface area contributed by atoms with Gasteiger partial charge in [-0.15, -0.1) is 0 Å². The first-order valence-corrected chi connectivity index (χ1v) is 8.09. The summed E-state index contributed by atoms with van der Waals surface area (Å²) in [5.41, 5.74) is 1.09. The number of ether oxygens (including phenoxy) is 3. The zero-order chi connectivity index (χ0) is 18.2. The molecule has 0 spiro atoms. The molecule has 0 aliphatic heterocycles. The second-order valence-corrected chi connectivity index (χ2v) is 5.18. The van der Waals surface area contributed by atoms with Gasteiger partial charge in [0.25, 0.3) is 5.91 Å². The van der Waals surface area contributed by atoms with E-state index in [1.165, 1.54) is 19.2 Å². The minimum atomic E-state index is -0.574. The largest absolute Gasteiger partial charge is 0.494 e. The first-order chi connectivity index (χ1) is 12.1. The molecule has 0 aliphatic carbocycles. The molecule has 0 aromatic heterocycles. The van der Waals surface area contributed by atoms with E-state index in [0.29, 0.717) is 31.3 Å². The molecule has 5 nitrogen and oxygen atoms in total. The summed E-state index contributed by atoms with van der Waals surface area (Å²) in [6.45, 7) is 5.14. The molecular weight excluding hydrogens is 325 g/mol. The van der Waals surface area contributed by atoms with Crippen LogP contribution in [0.4, 0.5) is 4.39 Å². The Hall–Kier alpha value is -2.76. The van der Waals surface area contributed by atoms with Crippen LogP contribution in [0.15, 0.2) is 36.4 Å². The summed E-state index contributed by atoms with van der Waals surface area (Å²) >= 11 is 0. The fourth-order valence-corrected chi connectivity index (χ4v) is 2.30. The van der Waals surface area contributed by atoms with E-state index in [1.807, 2.05) is 32.0 Å². The Morgan fingerprint density at radius 3 is 2.32 bits per heavy atom. The van der Waals surface area contributed by atoms with E-state index < -0.39 is 5.82 Å². The van der Waals surface area contributed by atoms with Crippen LogP contribution in [0.25, 0.3) is 0 Å². The van der Waals surface area contributed by atoms with E-state index in [2.05, 4.69) is 5.32 Å². The monoisotopic (exact) mass is 347 g/mol. The Kier molecular flexibility index (Phi) is 6.62. The Morgan fingerprint density at radius 1 is 1.00 bits per heavy atom. The van der Waals surface area contributed by atoms with Gasteiger partial charge in [-0.2, -0.15) is 0 Å². The molecule has 0 fully saturated rings. The third kappa shape index (κ3) is 4.86. The second-order valence-electron chi connectivity index (χ2n) is 5.18. The Morgan fingerprint density at radius 2 is 1.68 bits per heavy atom. The molecule has 1 amide bonds. The Bertz CT molecular complexity index is 733. The number of carbonyl (C=O) groups excluding carboxylic acids is 1. The molecule has 25 heavy (non-hydrogen) atoms. The van der Waals surface area contributed by atoms with Gasteiger partial charge in [-0.05, 0) is 49.7 Å². The molecule has 0 radical (unpaired) electrons. The normalized spacial score (nSPS) is 10.2. The van der Waals surface area contributed by atoms with Gasteiger partial charge in [-0.25, -0.2) is 4.39 Å². The van der Waals surface area contributed by atoms with Crippen LogP contribution in [-0.4, -0.2) is 26.2 Å². The number of rotatable bonds is 8. The predicted octanol–water partition coefficient (Wildman–Crippen LogP) is 3.56. The third-order valence-corrected chi connectivity index (χ3v) is 3.47. The van der Waals surface area contributed by atoms with Crippen molar-refractivity contribution in [2.45, 2.75) is 20.4 Å². The molecule has 0 saturated carbocycles. The van der Waals surface area contributed by atoms with Gasteiger partial charge in [0.15, 0.2) is 23.1 Å². The molecular formula is C19H22FNO4. The second kappa shape index (κ2) is 8.92. The van der Waals surface area contributed by atoms with Crippen molar-refractivity contribution in [3.05, 3.63) is 53.3 Å². The topological polar surface area (TPSA) is 56.8 Å². The molecule has 1 N–H and O–H groups in total. The van der Waals surface area contributed by atoms with Crippen LogP contribution in [-0.2, 0) is 6.54 Å². The fourth-order valence-electron chi connectivity index (χ4n) is 2.30. The molecule has 0 heterocycles. The van der Waals surface area contributed by atoms with Crippen molar-refractivity contribution < 1.29 is 23.4 Å². The molecule has 6 heteroatoms. The summed E-state index contributed by atoms with van der Waals surface area (Å²) in [6, 6.07) is 9.57. The van der Waals surface area contributed by atoms with E-state index in [-0.39, 0.29) is 17.2 Å². The number of hydrogen-bond acceptors (Lipinski definition) is 4. The Balaban J connectivity index is 2.06. The van der Waals surface area contributed by atoms with Gasteiger partial charge < -0.3 is 19.5 Å². The minimum absolute atomic E-state index is 0.101. The quantitative estimate of drug-likeness (QED) is 0.793. The lowest BCUT2D eigenvalue weighted by Crippen LogP contribution is -2.23. The smallest absolute Gasteiger partial charge is 0.251 e. The lowest BCUT2D eigenvalue weighted by atomic mass is 10.1. The highest BCUT2D eigenvalue weighted by molar-refractivity contribution is 5.94. The summed E-state index contributed by atoms with van der Waals surface area (Å²) in [5.74, 6) is 0.455. The van der Waals surface area contributed by atoms with Crippen molar-refractivity contribution in [2.75, 3.05) is 20.3 Å². The fraction of sp³-hybridized carbons (Fsp3) is 0.316. The van der Waals surface area contributed by atoms with Gasteiger partial charge in [-0.3, -0.25) is 4.79 Å². The highest BCUT2D eigenvalue weighted by Gasteiger charge is 2.11. The molecule has 0 bridgehead atoms. The first kappa shape index (κ1) is 18.6. The summed E-state index contributed by atoms with van der Waals surface area (Å²) in [5, 5.41) is 2.76. The zero-order valence-electron chi connectivity index (χ0n) is 14.6. The molecule has 0 unspecified atom stereocenters. The van der Waals surface area contributed by atoms with Crippen molar-refractivity contribution in [1.82, 2.24) is 5.32 Å². The molecule has 134 valence electrons. The number of benzene rings is 2. The number of carbonyl (C=O) groups is 1. The highest BCUT2D eigenvalue weighted by atomic mass is 19.1. The van der Waals surface area contributed by atoms with Crippen LogP contribution >= 0.6 is 0 Å². The summed E-state index contributed by atoms with van der Waals surface area (Å²) in [6.07, 6.45) is 0. The lowest BCUT2D eigenvalue weighted by Gasteiger charge is -2.13. The molecule has 2 rings (SSSR count). The number of methoxy groups -OCH3 is 1. The van der Waals surface area contributed by atoms with E-state index in [0.717, 1.165) is 11.6 Å². The van der Waals surface area contributed by atoms with Crippen molar-refractivity contribution in [3.8, 4) is 17.2 Å². The van der Waals surface area contributed by atoms with Gasteiger partial charge in [0.05, 0.1) is 20.3 Å². The van der Waals surface area contributed by atoms with Crippen LogP contribution in [0.2, 0.25) is 0 Å². The van der Waals surface area contributed by atoms with Crippen molar-refractivity contribution >= 4 is 5.91 Å². The maximum absolute atomic E-state index is 13.7. The van der Waals surface area contributed by atoms with Crippen molar-refractivity contribution in [2.24, 2.45) is 0 Å². The predicted molar refractivity (Wildman–Crippen MR) is 92.9 cm³/mol. The van der Waals surface area contributed by atoms with Crippen LogP contribution < -0.4 is 19.5 Å². The highest BCUT2D eigenvalue weighted by Crippen LogP contribution is 2.28. The van der Waals surface area contributed by atoms with Crippen molar-refractivity contribution in [1.29, 1.82) is 0 Å². The van der Waals surface area contributed by atoms with E-state index in [4.69, 9.17) is 14.2 Å². The Labute approximate surface area is 146 Å². The minimum Gasteiger partial charge on any atom is -0.494 e. The van der Waals surface area contributed by atoms with Crippen molar-refractivity contribution in [3.63, 3.8) is 0 Å². The van der Waals surface area contributed by atoms with Gasteiger partial charge >= 0.3 is 0 Å². The number of halogens is 1. The molecule has 2 aromatic rings. The molecule has 0 atom stereocenters. The maximum Gasteiger partial charge on any atom is 0.251 e. The van der Waals surface area contributed by atoms with Gasteiger partial charge in [0.1, 0.15) is 0 Å². The standard InChI is InChI=1S/C19H22FNO4/c1-4-24-17-8-6-13(10-18(17)25-5-2)12-21-19(22)14-7-9-16(23-3)15(20)11-14/h6-11H,4-5,12H2,1-3H3,(H,21,22). The van der Waals surface area contributed by atoms with Gasteiger partial charge in [-0.1, -0.05) is 6.07 Å². The first-order valence-electron chi connectivity index (χ1n) is 8.09. The summed E-state index contributed by atoms with van der Waals surface area (Å²) in [7, 11) is 1.38. The third-order valence-electron chi connectivity index (χ3n) is 3.47. The summed E-state index contributed by atoms with van der Waals surface area (Å²) in [4.78, 5) is 12.2. The molecule has 2 aromatic carbocycles. The summed E-state index contributed by atoms with van der Waals surface area (Å²) < 4.78 is 29.6. The number of amides is 1. The number of hydrogen-bond donors (Lipinski definition) is 1. The molecule has 0 saturated heterocycles. The van der Waals surface area contributed by atoms with Crippen LogP contribution in [0.5, 0.6) is 17.2 Å². The maximum atomic E-state index is 13.7.